The number of rotatable bonds is 6. The molecule has 2 atom stereocenters. The van der Waals surface area contributed by atoms with Crippen LogP contribution in [0.2, 0.25) is 0 Å². The zero-order valence-electron chi connectivity index (χ0n) is 12.7. The van der Waals surface area contributed by atoms with Gasteiger partial charge in [0.25, 0.3) is 0 Å². The van der Waals surface area contributed by atoms with Crippen LogP contribution < -0.4 is 5.32 Å². The zero-order chi connectivity index (χ0) is 14.6. The van der Waals surface area contributed by atoms with Crippen molar-refractivity contribution in [3.8, 4) is 0 Å². The van der Waals surface area contributed by atoms with E-state index < -0.39 is 5.54 Å². The van der Waals surface area contributed by atoms with Crippen molar-refractivity contribution in [3.05, 3.63) is 18.2 Å². The zero-order valence-corrected chi connectivity index (χ0v) is 12.7. The number of hydrogen-bond acceptors (Lipinski definition) is 4. The van der Waals surface area contributed by atoms with Gasteiger partial charge in [0.05, 0.1) is 6.61 Å². The Morgan fingerprint density at radius 2 is 2.40 bits per heavy atom. The van der Waals surface area contributed by atoms with E-state index in [0.29, 0.717) is 12.6 Å². The van der Waals surface area contributed by atoms with Crippen LogP contribution in [0, 0.1) is 6.92 Å². The smallest absolute Gasteiger partial charge is 0.326 e. The fourth-order valence-corrected chi connectivity index (χ4v) is 3.08. The highest BCUT2D eigenvalue weighted by Gasteiger charge is 2.46. The van der Waals surface area contributed by atoms with Crippen LogP contribution >= 0.6 is 0 Å². The third-order valence-corrected chi connectivity index (χ3v) is 4.12. The summed E-state index contributed by atoms with van der Waals surface area (Å²) in [6, 6.07) is 0.325. The minimum Gasteiger partial charge on any atom is -0.465 e. The maximum Gasteiger partial charge on any atom is 0.326 e. The largest absolute Gasteiger partial charge is 0.465 e. The Hall–Kier alpha value is -1.36. The van der Waals surface area contributed by atoms with Crippen molar-refractivity contribution in [1.82, 2.24) is 14.9 Å². The Kier molecular flexibility index (Phi) is 4.81. The summed E-state index contributed by atoms with van der Waals surface area (Å²) < 4.78 is 7.47. The first-order chi connectivity index (χ1) is 9.63. The van der Waals surface area contributed by atoms with Crippen molar-refractivity contribution in [2.75, 3.05) is 13.2 Å². The van der Waals surface area contributed by atoms with Crippen molar-refractivity contribution >= 4 is 5.97 Å². The van der Waals surface area contributed by atoms with Gasteiger partial charge in [-0.15, -0.1) is 0 Å². The number of carbonyl (C=O) groups is 1. The first-order valence-electron chi connectivity index (χ1n) is 7.54. The first-order valence-corrected chi connectivity index (χ1v) is 7.54. The lowest BCUT2D eigenvalue weighted by molar-refractivity contribution is -0.151. The Labute approximate surface area is 120 Å². The number of hydrogen-bond donors (Lipinski definition) is 1. The van der Waals surface area contributed by atoms with Crippen LogP contribution in [0.4, 0.5) is 0 Å². The van der Waals surface area contributed by atoms with E-state index in [1.165, 1.54) is 0 Å². The topological polar surface area (TPSA) is 56.1 Å². The first kappa shape index (κ1) is 15.0. The highest BCUT2D eigenvalue weighted by molar-refractivity contribution is 5.81. The van der Waals surface area contributed by atoms with Crippen LogP contribution in [0.3, 0.4) is 0 Å². The normalized spacial score (nSPS) is 25.9. The molecule has 0 amide bonds. The number of esters is 1. The van der Waals surface area contributed by atoms with Crippen LogP contribution in [0.15, 0.2) is 12.4 Å². The van der Waals surface area contributed by atoms with Gasteiger partial charge in [-0.3, -0.25) is 4.79 Å². The Morgan fingerprint density at radius 1 is 1.60 bits per heavy atom. The minimum atomic E-state index is -0.520. The number of ether oxygens (including phenoxy) is 1. The summed E-state index contributed by atoms with van der Waals surface area (Å²) >= 11 is 0. The summed E-state index contributed by atoms with van der Waals surface area (Å²) in [6.45, 7) is 7.25. The Balaban J connectivity index is 2.14. The molecular weight excluding hydrogens is 254 g/mol. The van der Waals surface area contributed by atoms with Gasteiger partial charge >= 0.3 is 5.97 Å². The van der Waals surface area contributed by atoms with Gasteiger partial charge in [-0.25, -0.2) is 4.98 Å². The maximum absolute atomic E-state index is 12.4. The van der Waals surface area contributed by atoms with Gasteiger partial charge in [-0.1, -0.05) is 6.92 Å². The van der Waals surface area contributed by atoms with Gasteiger partial charge in [0.2, 0.25) is 0 Å². The van der Waals surface area contributed by atoms with E-state index in [2.05, 4.69) is 21.8 Å². The molecule has 1 heterocycles. The van der Waals surface area contributed by atoms with Crippen LogP contribution in [0.25, 0.3) is 0 Å². The second kappa shape index (κ2) is 6.39. The number of imidazole rings is 1. The average molecular weight is 279 g/mol. The SMILES string of the molecule is CCCNC1(C(=O)OCC)CCC(n2ccnc2C)C1. The molecule has 20 heavy (non-hydrogen) atoms. The van der Waals surface area contributed by atoms with Crippen LogP contribution in [0.1, 0.15) is 51.4 Å². The second-order valence-corrected chi connectivity index (χ2v) is 5.51. The number of aryl methyl sites for hydroxylation is 1. The lowest BCUT2D eigenvalue weighted by Gasteiger charge is -2.28. The third-order valence-electron chi connectivity index (χ3n) is 4.12. The highest BCUT2D eigenvalue weighted by Crippen LogP contribution is 2.39. The minimum absolute atomic E-state index is 0.103. The van der Waals surface area contributed by atoms with Gasteiger partial charge in [0.1, 0.15) is 11.4 Å². The molecule has 0 saturated heterocycles. The van der Waals surface area contributed by atoms with Gasteiger partial charge < -0.3 is 14.6 Å². The van der Waals surface area contributed by atoms with Crippen molar-refractivity contribution in [3.63, 3.8) is 0 Å². The molecule has 0 aromatic carbocycles. The van der Waals surface area contributed by atoms with E-state index in [0.717, 1.165) is 38.1 Å². The van der Waals surface area contributed by atoms with Crippen molar-refractivity contribution in [2.45, 2.75) is 58.0 Å². The fraction of sp³-hybridized carbons (Fsp3) is 0.733. The maximum atomic E-state index is 12.4. The van der Waals surface area contributed by atoms with Crippen molar-refractivity contribution < 1.29 is 9.53 Å². The van der Waals surface area contributed by atoms with E-state index >= 15 is 0 Å². The van der Waals surface area contributed by atoms with Gasteiger partial charge in [-0.05, 0) is 46.1 Å². The van der Waals surface area contributed by atoms with Crippen molar-refractivity contribution in [1.29, 1.82) is 0 Å². The standard InChI is InChI=1S/C15H25N3O2/c1-4-8-17-15(14(19)20-5-2)7-6-13(11-15)18-10-9-16-12(18)3/h9-10,13,17H,4-8,11H2,1-3H3. The Morgan fingerprint density at radius 3 is 3.00 bits per heavy atom. The lowest BCUT2D eigenvalue weighted by atomic mass is 9.97. The molecule has 5 nitrogen and oxygen atoms in total. The predicted octanol–water partition coefficient (Wildman–Crippen LogP) is 2.22. The van der Waals surface area contributed by atoms with Crippen LogP contribution in [0.5, 0.6) is 0 Å². The van der Waals surface area contributed by atoms with Gasteiger partial charge in [0, 0.05) is 18.4 Å². The monoisotopic (exact) mass is 279 g/mol. The number of nitrogens with zero attached hydrogens (tertiary/aromatic N) is 2. The molecule has 1 saturated carbocycles. The molecule has 1 aliphatic carbocycles. The quantitative estimate of drug-likeness (QED) is 0.811. The molecule has 0 bridgehead atoms. The van der Waals surface area contributed by atoms with Crippen LogP contribution in [-0.2, 0) is 9.53 Å². The summed E-state index contributed by atoms with van der Waals surface area (Å²) in [7, 11) is 0. The van der Waals surface area contributed by atoms with E-state index in [1.807, 2.05) is 26.2 Å². The third kappa shape index (κ3) is 2.87. The predicted molar refractivity (Wildman–Crippen MR) is 77.5 cm³/mol. The number of nitrogens with one attached hydrogen (secondary N) is 1. The van der Waals surface area contributed by atoms with E-state index in [9.17, 15) is 4.79 Å². The summed E-state index contributed by atoms with van der Waals surface area (Å²) in [5.74, 6) is 0.902. The molecule has 1 aromatic rings. The number of aromatic nitrogens is 2. The summed E-state index contributed by atoms with van der Waals surface area (Å²) in [5.41, 5.74) is -0.520. The molecular formula is C15H25N3O2. The molecule has 0 aliphatic heterocycles. The molecule has 1 aromatic heterocycles. The molecule has 1 aliphatic rings. The van der Waals surface area contributed by atoms with Gasteiger partial charge in [-0.2, -0.15) is 0 Å². The summed E-state index contributed by atoms with van der Waals surface area (Å²) in [4.78, 5) is 16.6. The van der Waals surface area contributed by atoms with Gasteiger partial charge in [0.15, 0.2) is 0 Å². The molecule has 112 valence electrons. The fourth-order valence-electron chi connectivity index (χ4n) is 3.08. The summed E-state index contributed by atoms with van der Waals surface area (Å²) in [6.07, 6.45) is 7.42. The molecule has 2 rings (SSSR count). The average Bonchev–Trinajstić information content (AvgIpc) is 3.03. The van der Waals surface area contributed by atoms with E-state index in [4.69, 9.17) is 4.74 Å². The molecule has 1 N–H and O–H groups in total. The van der Waals surface area contributed by atoms with E-state index in [1.54, 1.807) is 0 Å². The Bertz CT molecular complexity index is 458. The molecule has 0 radical (unpaired) electrons. The molecule has 1 fully saturated rings. The summed E-state index contributed by atoms with van der Waals surface area (Å²) in [5, 5.41) is 3.43. The van der Waals surface area contributed by atoms with Crippen molar-refractivity contribution in [2.24, 2.45) is 0 Å². The van der Waals surface area contributed by atoms with Crippen LogP contribution in [-0.4, -0.2) is 34.2 Å². The molecule has 2 unspecified atom stereocenters. The highest BCUT2D eigenvalue weighted by atomic mass is 16.5. The van der Waals surface area contributed by atoms with E-state index in [-0.39, 0.29) is 5.97 Å². The molecule has 0 spiro atoms. The lowest BCUT2D eigenvalue weighted by Crippen LogP contribution is -2.51. The molecule has 5 heteroatoms. The number of carbonyl (C=O) groups excluding carboxylic acids is 1. The second-order valence-electron chi connectivity index (χ2n) is 5.51.